The third kappa shape index (κ3) is 4.85. The maximum atomic E-state index is 14.6. The van der Waals surface area contributed by atoms with Crippen molar-refractivity contribution in [3.63, 3.8) is 0 Å². The lowest BCUT2D eigenvalue weighted by Crippen LogP contribution is -2.02. The fourth-order valence-corrected chi connectivity index (χ4v) is 3.52. The van der Waals surface area contributed by atoms with Gasteiger partial charge in [0.2, 0.25) is 0 Å². The molecule has 3 heterocycles. The van der Waals surface area contributed by atoms with Crippen LogP contribution in [0.15, 0.2) is 72.7 Å². The van der Waals surface area contributed by atoms with E-state index in [2.05, 4.69) is 4.98 Å². The maximum Gasteiger partial charge on any atom is 0.165 e. The van der Waals surface area contributed by atoms with E-state index in [1.165, 1.54) is 6.08 Å². The van der Waals surface area contributed by atoms with Crippen LogP contribution >= 0.6 is 0 Å². The van der Waals surface area contributed by atoms with Gasteiger partial charge in [0.1, 0.15) is 17.2 Å². The van der Waals surface area contributed by atoms with E-state index in [1.54, 1.807) is 19.2 Å². The third-order valence-corrected chi connectivity index (χ3v) is 5.07. The highest BCUT2D eigenvalue weighted by molar-refractivity contribution is 5.85. The first kappa shape index (κ1) is 23.9. The van der Waals surface area contributed by atoms with Gasteiger partial charge in [0.15, 0.2) is 11.5 Å². The lowest BCUT2D eigenvalue weighted by atomic mass is 10.1. The van der Waals surface area contributed by atoms with E-state index in [-0.39, 0.29) is 5.83 Å². The van der Waals surface area contributed by atoms with Crippen molar-refractivity contribution in [3.8, 4) is 17.1 Å². The van der Waals surface area contributed by atoms with Crippen molar-refractivity contribution in [1.29, 1.82) is 0 Å². The minimum absolute atomic E-state index is 0.299. The van der Waals surface area contributed by atoms with Gasteiger partial charge in [0.05, 0.1) is 11.3 Å². The number of nitrogens with two attached hydrogens (primary N) is 1. The number of pyridine rings is 2. The molecule has 2 N–H and O–H groups in total. The van der Waals surface area contributed by atoms with Crippen LogP contribution in [0.5, 0.6) is 0 Å². The number of hydrogen-bond acceptors (Lipinski definition) is 4. The Kier molecular flexibility index (Phi) is 7.72. The summed E-state index contributed by atoms with van der Waals surface area (Å²) >= 11 is 0. The molecule has 0 atom stereocenters. The number of nitrogen functional groups attached to an aromatic ring is 1. The molecule has 0 saturated heterocycles. The van der Waals surface area contributed by atoms with Crippen LogP contribution in [0.4, 0.5) is 10.2 Å². The van der Waals surface area contributed by atoms with Crippen LogP contribution in [0.3, 0.4) is 0 Å². The van der Waals surface area contributed by atoms with Gasteiger partial charge in [0.25, 0.3) is 0 Å². The number of anilines is 1. The number of fused-ring (bicyclic) bond motifs is 1. The standard InChI is InChI=1S/C25H24FN5.C2H6/c1-4-7-18(20(26)5-2)21-13-14-22-25(29-21)31(17-11-9-16(3)10-12-17)24(30-22)19-8-6-15-28-23(19)27;1-2/h5-15H,4H2,1-3H3,(H2,27,28);1-2H3/b18-7+,20-5+;. The largest absolute Gasteiger partial charge is 0.383 e. The average Bonchev–Trinajstić information content (AvgIpc) is 3.22. The normalized spacial score (nSPS) is 11.9. The molecule has 6 heteroatoms. The first-order valence-corrected chi connectivity index (χ1v) is 11.2. The highest BCUT2D eigenvalue weighted by atomic mass is 19.1. The number of hydrogen-bond donors (Lipinski definition) is 1. The second kappa shape index (κ2) is 10.7. The van der Waals surface area contributed by atoms with Gasteiger partial charge in [-0.1, -0.05) is 50.6 Å². The van der Waals surface area contributed by atoms with Gasteiger partial charge in [-0.15, -0.1) is 0 Å². The Bertz CT molecular complexity index is 1300. The Morgan fingerprint density at radius 1 is 1.06 bits per heavy atom. The first-order chi connectivity index (χ1) is 16.0. The molecule has 0 saturated carbocycles. The van der Waals surface area contributed by atoms with Crippen molar-refractivity contribution in [2.24, 2.45) is 0 Å². The summed E-state index contributed by atoms with van der Waals surface area (Å²) in [6.07, 6.45) is 5.64. The van der Waals surface area contributed by atoms with E-state index in [4.69, 9.17) is 15.7 Å². The molecular formula is C27H30FN5. The first-order valence-electron chi connectivity index (χ1n) is 11.2. The van der Waals surface area contributed by atoms with E-state index in [9.17, 15) is 4.39 Å². The predicted molar refractivity (Wildman–Crippen MR) is 136 cm³/mol. The average molecular weight is 444 g/mol. The van der Waals surface area contributed by atoms with Gasteiger partial charge >= 0.3 is 0 Å². The van der Waals surface area contributed by atoms with Crippen LogP contribution in [0.25, 0.3) is 33.8 Å². The molecule has 0 fully saturated rings. The van der Waals surface area contributed by atoms with Crippen LogP contribution in [-0.4, -0.2) is 19.5 Å². The second-order valence-corrected chi connectivity index (χ2v) is 7.24. The smallest absolute Gasteiger partial charge is 0.165 e. The molecule has 0 aliphatic heterocycles. The molecule has 1 aromatic carbocycles. The highest BCUT2D eigenvalue weighted by Gasteiger charge is 2.19. The molecule has 3 aromatic heterocycles. The van der Waals surface area contributed by atoms with Crippen molar-refractivity contribution < 1.29 is 4.39 Å². The number of aryl methyl sites for hydroxylation is 1. The van der Waals surface area contributed by atoms with Crippen LogP contribution in [0, 0.1) is 6.92 Å². The Balaban J connectivity index is 0.00000149. The third-order valence-electron chi connectivity index (χ3n) is 5.07. The molecular weight excluding hydrogens is 413 g/mol. The molecule has 0 aliphatic carbocycles. The van der Waals surface area contributed by atoms with Crippen LogP contribution < -0.4 is 5.73 Å². The molecule has 0 amide bonds. The van der Waals surface area contributed by atoms with Gasteiger partial charge < -0.3 is 5.73 Å². The van der Waals surface area contributed by atoms with E-state index in [0.29, 0.717) is 46.1 Å². The maximum absolute atomic E-state index is 14.6. The second-order valence-electron chi connectivity index (χ2n) is 7.24. The highest BCUT2D eigenvalue weighted by Crippen LogP contribution is 2.32. The molecule has 170 valence electrons. The number of halogens is 1. The fraction of sp³-hybridized carbons (Fsp3) is 0.222. The minimum atomic E-state index is -0.299. The van der Waals surface area contributed by atoms with E-state index in [0.717, 1.165) is 11.3 Å². The van der Waals surface area contributed by atoms with Crippen molar-refractivity contribution in [2.75, 3.05) is 5.73 Å². The Labute approximate surface area is 194 Å². The van der Waals surface area contributed by atoms with Crippen molar-refractivity contribution in [3.05, 3.63) is 84.0 Å². The lowest BCUT2D eigenvalue weighted by molar-refractivity contribution is 0.670. The summed E-state index contributed by atoms with van der Waals surface area (Å²) in [4.78, 5) is 13.9. The predicted octanol–water partition coefficient (Wildman–Crippen LogP) is 7.07. The number of allylic oxidation sites excluding steroid dienone is 4. The molecule has 33 heavy (non-hydrogen) atoms. The Morgan fingerprint density at radius 3 is 2.42 bits per heavy atom. The molecule has 5 nitrogen and oxygen atoms in total. The van der Waals surface area contributed by atoms with E-state index < -0.39 is 0 Å². The molecule has 4 aromatic rings. The topological polar surface area (TPSA) is 69.6 Å². The van der Waals surface area contributed by atoms with Gasteiger partial charge in [-0.05, 0) is 56.7 Å². The number of imidazole rings is 1. The lowest BCUT2D eigenvalue weighted by Gasteiger charge is -2.11. The molecule has 0 spiro atoms. The zero-order chi connectivity index (χ0) is 24.0. The quantitative estimate of drug-likeness (QED) is 0.335. The van der Waals surface area contributed by atoms with Crippen LogP contribution in [0.2, 0.25) is 0 Å². The number of rotatable bonds is 5. The molecule has 0 bridgehead atoms. The summed E-state index contributed by atoms with van der Waals surface area (Å²) in [5.41, 5.74) is 11.3. The number of benzene rings is 1. The van der Waals surface area contributed by atoms with Gasteiger partial charge in [-0.2, -0.15) is 0 Å². The van der Waals surface area contributed by atoms with Crippen molar-refractivity contribution in [1.82, 2.24) is 19.5 Å². The van der Waals surface area contributed by atoms with Crippen molar-refractivity contribution in [2.45, 2.75) is 41.0 Å². The summed E-state index contributed by atoms with van der Waals surface area (Å²) in [6.45, 7) is 9.69. The fourth-order valence-electron chi connectivity index (χ4n) is 3.52. The van der Waals surface area contributed by atoms with E-state index in [1.807, 2.05) is 80.8 Å². The summed E-state index contributed by atoms with van der Waals surface area (Å²) < 4.78 is 16.5. The van der Waals surface area contributed by atoms with E-state index >= 15 is 0 Å². The SMILES string of the molecule is C/C=C(F)\C(=C/CC)c1ccc2nc(-c3cccnc3N)n(-c3ccc(C)cc3)c2n1.CC. The summed E-state index contributed by atoms with van der Waals surface area (Å²) in [5.74, 6) is 0.728. The van der Waals surface area contributed by atoms with Crippen LogP contribution in [0.1, 0.15) is 45.4 Å². The van der Waals surface area contributed by atoms with Gasteiger partial charge in [-0.3, -0.25) is 4.57 Å². The van der Waals surface area contributed by atoms with Gasteiger partial charge in [-0.25, -0.2) is 19.3 Å². The zero-order valence-electron chi connectivity index (χ0n) is 19.8. The number of nitrogens with zero attached hydrogens (tertiary/aromatic N) is 4. The molecule has 0 aliphatic rings. The number of aromatic nitrogens is 4. The Morgan fingerprint density at radius 2 is 1.79 bits per heavy atom. The zero-order valence-corrected chi connectivity index (χ0v) is 19.8. The molecule has 0 radical (unpaired) electrons. The van der Waals surface area contributed by atoms with Crippen molar-refractivity contribution >= 4 is 22.6 Å². The molecule has 0 unspecified atom stereocenters. The molecule has 4 rings (SSSR count). The van der Waals surface area contributed by atoms with Gasteiger partial charge in [0, 0.05) is 17.5 Å². The van der Waals surface area contributed by atoms with Crippen LogP contribution in [-0.2, 0) is 0 Å². The summed E-state index contributed by atoms with van der Waals surface area (Å²) in [5, 5.41) is 0. The summed E-state index contributed by atoms with van der Waals surface area (Å²) in [6, 6.07) is 15.5. The summed E-state index contributed by atoms with van der Waals surface area (Å²) in [7, 11) is 0. The monoisotopic (exact) mass is 443 g/mol. The minimum Gasteiger partial charge on any atom is -0.383 e. The Hall–Kier alpha value is -3.80.